The van der Waals surface area contributed by atoms with Crippen molar-refractivity contribution in [2.24, 2.45) is 0 Å². The van der Waals surface area contributed by atoms with E-state index in [4.69, 9.17) is 21.2 Å². The van der Waals surface area contributed by atoms with Crippen LogP contribution in [-0.2, 0) is 51.4 Å². The van der Waals surface area contributed by atoms with Crippen LogP contribution in [0.3, 0.4) is 0 Å². The second kappa shape index (κ2) is 4.91. The van der Waals surface area contributed by atoms with Crippen LogP contribution >= 0.6 is 16.5 Å². The Morgan fingerprint density at radius 3 is 1.78 bits per heavy atom. The van der Waals surface area contributed by atoms with E-state index in [1.165, 1.54) is 0 Å². The quantitative estimate of drug-likeness (QED) is 0.383. The van der Waals surface area contributed by atoms with Crippen LogP contribution in [0.4, 0.5) is 0 Å². The van der Waals surface area contributed by atoms with Gasteiger partial charge >= 0.3 is 87.3 Å². The summed E-state index contributed by atoms with van der Waals surface area (Å²) in [6.07, 6.45) is 4.20. The van der Waals surface area contributed by atoms with E-state index in [1.807, 2.05) is 0 Å². The summed E-state index contributed by atoms with van der Waals surface area (Å²) in [5.41, 5.74) is 0. The molecule has 0 N–H and O–H groups in total. The molecular formula is C4H4Cl2Hg2O. The molecule has 0 saturated heterocycles. The molecular weight excluding hydrogens is 536 g/mol. The van der Waals surface area contributed by atoms with Gasteiger partial charge in [0.15, 0.2) is 0 Å². The normalized spacial score (nSPS) is 31.8. The SMILES string of the molecule is [Cl][Hg][CH]1C=C[CH]([Hg][Cl])O1. The Hall–Kier alpha value is 2.15. The predicted molar refractivity (Wildman–Crippen MR) is 29.5 cm³/mol. The average Bonchev–Trinajstić information content (AvgIpc) is 2.34. The van der Waals surface area contributed by atoms with E-state index in [1.54, 1.807) is 0 Å². The zero-order chi connectivity index (χ0) is 6.69. The number of halogens is 2. The molecule has 0 saturated carbocycles. The van der Waals surface area contributed by atoms with Crippen LogP contribution < -0.4 is 0 Å². The van der Waals surface area contributed by atoms with Crippen molar-refractivity contribution in [3.05, 3.63) is 12.2 Å². The van der Waals surface area contributed by atoms with Gasteiger partial charge in [0.05, 0.1) is 0 Å². The third-order valence-electron chi connectivity index (χ3n) is 1.19. The Bertz CT molecular complexity index is 107. The summed E-state index contributed by atoms with van der Waals surface area (Å²) < 4.78 is 6.20. The zero-order valence-corrected chi connectivity index (χ0v) is 17.4. The molecule has 0 spiro atoms. The van der Waals surface area contributed by atoms with Crippen LogP contribution in [0.2, 0.25) is 0 Å². The molecule has 0 bridgehead atoms. The van der Waals surface area contributed by atoms with Crippen molar-refractivity contribution >= 4 is 16.5 Å². The molecule has 44 valence electrons. The molecule has 0 aromatic heterocycles. The van der Waals surface area contributed by atoms with Gasteiger partial charge in [0, 0.05) is 0 Å². The minimum absolute atomic E-state index is 0.357. The van der Waals surface area contributed by atoms with Crippen LogP contribution in [-0.4, -0.2) is 7.23 Å². The molecule has 1 aliphatic rings. The van der Waals surface area contributed by atoms with Crippen molar-refractivity contribution in [3.63, 3.8) is 0 Å². The van der Waals surface area contributed by atoms with Crippen molar-refractivity contribution in [2.75, 3.05) is 0 Å². The van der Waals surface area contributed by atoms with Crippen LogP contribution in [0.15, 0.2) is 12.2 Å². The first kappa shape index (κ1) is 9.24. The van der Waals surface area contributed by atoms with Gasteiger partial charge in [-0.1, -0.05) is 0 Å². The molecule has 0 aromatic rings. The van der Waals surface area contributed by atoms with Crippen molar-refractivity contribution in [3.8, 4) is 0 Å². The molecule has 9 heavy (non-hydrogen) atoms. The molecule has 1 heterocycles. The fraction of sp³-hybridized carbons (Fsp3) is 0.500. The summed E-state index contributed by atoms with van der Waals surface area (Å²) in [7, 11) is 11.5. The molecule has 0 aromatic carbocycles. The molecule has 0 radical (unpaired) electrons. The standard InChI is InChI=1S/C4H4O.2ClH.2Hg/c1-2-4-5-3-1;;;;/h1-4H;2*1H;;/q;;;2*+1/p-2. The molecule has 1 aliphatic heterocycles. The van der Waals surface area contributed by atoms with Gasteiger partial charge in [0.1, 0.15) is 0 Å². The van der Waals surface area contributed by atoms with Crippen LogP contribution in [0.5, 0.6) is 0 Å². The molecule has 0 amide bonds. The molecule has 2 atom stereocenters. The maximum atomic E-state index is 5.76. The Morgan fingerprint density at radius 1 is 1.11 bits per heavy atom. The van der Waals surface area contributed by atoms with Gasteiger partial charge in [-0.25, -0.2) is 0 Å². The van der Waals surface area contributed by atoms with Crippen LogP contribution in [0, 0.1) is 0 Å². The van der Waals surface area contributed by atoms with E-state index in [0.29, 0.717) is 7.23 Å². The third-order valence-corrected chi connectivity index (χ3v) is 12.5. The number of hydrogen-bond acceptors (Lipinski definition) is 1. The second-order valence-electron chi connectivity index (χ2n) is 1.91. The van der Waals surface area contributed by atoms with Crippen molar-refractivity contribution in [1.82, 2.24) is 0 Å². The molecule has 0 fully saturated rings. The Balaban J connectivity index is 2.31. The van der Waals surface area contributed by atoms with E-state index in [9.17, 15) is 0 Å². The van der Waals surface area contributed by atoms with Crippen molar-refractivity contribution < 1.29 is 51.4 Å². The fourth-order valence-electron chi connectivity index (χ4n) is 0.739. The topological polar surface area (TPSA) is 9.23 Å². The summed E-state index contributed by atoms with van der Waals surface area (Å²) >= 11 is -2.30. The van der Waals surface area contributed by atoms with Crippen molar-refractivity contribution in [2.45, 2.75) is 7.23 Å². The van der Waals surface area contributed by atoms with Gasteiger partial charge in [-0.2, -0.15) is 0 Å². The summed E-state index contributed by atoms with van der Waals surface area (Å²) in [6.45, 7) is 0. The van der Waals surface area contributed by atoms with E-state index in [2.05, 4.69) is 12.2 Å². The Labute approximate surface area is 85.9 Å². The Kier molecular flexibility index (Phi) is 5.05. The third kappa shape index (κ3) is 2.94. The van der Waals surface area contributed by atoms with Gasteiger partial charge in [-0.05, 0) is 0 Å². The second-order valence-corrected chi connectivity index (χ2v) is 16.0. The number of hydrogen-bond donors (Lipinski definition) is 0. The van der Waals surface area contributed by atoms with Gasteiger partial charge < -0.3 is 0 Å². The summed E-state index contributed by atoms with van der Waals surface area (Å²) in [6, 6.07) is 0. The van der Waals surface area contributed by atoms with Gasteiger partial charge in [-0.15, -0.1) is 0 Å². The first-order valence-corrected chi connectivity index (χ1v) is 22.7. The fourth-order valence-corrected chi connectivity index (χ4v) is 12.4. The van der Waals surface area contributed by atoms with Gasteiger partial charge in [-0.3, -0.25) is 0 Å². The average molecular weight is 540 g/mol. The summed E-state index contributed by atoms with van der Waals surface area (Å²) in [5.74, 6) is 0. The van der Waals surface area contributed by atoms with Crippen LogP contribution in [0.25, 0.3) is 0 Å². The zero-order valence-electron chi connectivity index (χ0n) is 4.89. The monoisotopic (exact) mass is 542 g/mol. The first-order chi connectivity index (χ1) is 4.36. The molecule has 1 nitrogen and oxygen atoms in total. The van der Waals surface area contributed by atoms with E-state index >= 15 is 0 Å². The van der Waals surface area contributed by atoms with Gasteiger partial charge in [0.2, 0.25) is 0 Å². The molecule has 1 rings (SSSR count). The molecule has 0 aliphatic carbocycles. The van der Waals surface area contributed by atoms with E-state index in [0.717, 1.165) is 0 Å². The summed E-state index contributed by atoms with van der Waals surface area (Å²) in [5, 5.41) is 0. The maximum absolute atomic E-state index is 5.76. The molecule has 5 heteroatoms. The van der Waals surface area contributed by atoms with Crippen LogP contribution in [0.1, 0.15) is 0 Å². The van der Waals surface area contributed by atoms with E-state index < -0.39 is 46.7 Å². The number of rotatable bonds is 2. The van der Waals surface area contributed by atoms with Gasteiger partial charge in [0.25, 0.3) is 0 Å². The minimum atomic E-state index is -1.15. The van der Waals surface area contributed by atoms with Crippen molar-refractivity contribution in [1.29, 1.82) is 0 Å². The molecule has 2 unspecified atom stereocenters. The summed E-state index contributed by atoms with van der Waals surface area (Å²) in [4.78, 5) is 0. The Morgan fingerprint density at radius 2 is 1.56 bits per heavy atom. The first-order valence-electron chi connectivity index (χ1n) is 2.82. The van der Waals surface area contributed by atoms with E-state index in [-0.39, 0.29) is 0 Å². The predicted octanol–water partition coefficient (Wildman–Crippen LogP) is 1.70. The number of ether oxygens (including phenoxy) is 1.